The molecule has 0 radical (unpaired) electrons. The van der Waals surface area contributed by atoms with E-state index in [1.165, 1.54) is 0 Å². The summed E-state index contributed by atoms with van der Waals surface area (Å²) in [5, 5.41) is 8.01. The van der Waals surface area contributed by atoms with E-state index in [0.717, 1.165) is 38.5 Å². The lowest BCUT2D eigenvalue weighted by molar-refractivity contribution is 0.558. The van der Waals surface area contributed by atoms with Crippen molar-refractivity contribution in [1.82, 2.24) is 4.72 Å². The fourth-order valence-corrected chi connectivity index (χ4v) is 2.78. The molecule has 0 aliphatic rings. The first-order valence-electron chi connectivity index (χ1n) is 6.46. The van der Waals surface area contributed by atoms with Crippen molar-refractivity contribution < 1.29 is 8.42 Å². The molecule has 0 fully saturated rings. The lowest BCUT2D eigenvalue weighted by Gasteiger charge is -2.11. The molecule has 0 heterocycles. The minimum absolute atomic E-state index is 0.436. The van der Waals surface area contributed by atoms with Gasteiger partial charge in [-0.3, -0.25) is 0 Å². The Bertz CT molecular complexity index is 320. The monoisotopic (exact) mass is 260 g/mol. The van der Waals surface area contributed by atoms with Crippen molar-refractivity contribution in [2.24, 2.45) is 0 Å². The van der Waals surface area contributed by atoms with Gasteiger partial charge in [0.05, 0.1) is 6.07 Å². The molecule has 0 aromatic heterocycles. The van der Waals surface area contributed by atoms with E-state index in [4.69, 9.17) is 5.26 Å². The van der Waals surface area contributed by atoms with Crippen molar-refractivity contribution in [2.75, 3.05) is 6.54 Å². The van der Waals surface area contributed by atoms with Crippen LogP contribution in [0.4, 0.5) is 0 Å². The lowest BCUT2D eigenvalue weighted by Crippen LogP contribution is -2.34. The Morgan fingerprint density at radius 2 is 1.76 bits per heavy atom. The highest BCUT2D eigenvalue weighted by Crippen LogP contribution is 2.11. The Kier molecular flexibility index (Phi) is 9.10. The molecular weight excluding hydrogens is 236 g/mol. The molecule has 0 saturated heterocycles. The highest BCUT2D eigenvalue weighted by Gasteiger charge is 2.23. The first-order valence-corrected chi connectivity index (χ1v) is 8.01. The molecule has 0 rings (SSSR count). The van der Waals surface area contributed by atoms with Crippen LogP contribution in [0.5, 0.6) is 0 Å². The standard InChI is InChI=1S/C12H24N2O2S/c1-3-5-7-8-9-12(11-13)17(15,16)14-10-6-4-2/h12,14H,3-10H2,1-2H3. The van der Waals surface area contributed by atoms with Gasteiger partial charge in [-0.05, 0) is 12.8 Å². The summed E-state index contributed by atoms with van der Waals surface area (Å²) in [6.45, 7) is 4.54. The lowest BCUT2D eigenvalue weighted by atomic mass is 10.1. The second-order valence-electron chi connectivity index (χ2n) is 4.26. The van der Waals surface area contributed by atoms with E-state index < -0.39 is 15.3 Å². The van der Waals surface area contributed by atoms with Crippen molar-refractivity contribution in [1.29, 1.82) is 5.26 Å². The van der Waals surface area contributed by atoms with Gasteiger partial charge in [-0.25, -0.2) is 13.1 Å². The second-order valence-corrected chi connectivity index (χ2v) is 6.21. The van der Waals surface area contributed by atoms with Crippen LogP contribution in [0.25, 0.3) is 0 Å². The third-order valence-corrected chi connectivity index (χ3v) is 4.37. The maximum atomic E-state index is 11.8. The summed E-state index contributed by atoms with van der Waals surface area (Å²) in [5.41, 5.74) is 0. The minimum Gasteiger partial charge on any atom is -0.214 e. The summed E-state index contributed by atoms with van der Waals surface area (Å²) >= 11 is 0. The Balaban J connectivity index is 4.10. The summed E-state index contributed by atoms with van der Waals surface area (Å²) in [4.78, 5) is 0. The highest BCUT2D eigenvalue weighted by atomic mass is 32.2. The molecule has 0 aromatic rings. The number of nitrogens with zero attached hydrogens (tertiary/aromatic N) is 1. The summed E-state index contributed by atoms with van der Waals surface area (Å²) in [6.07, 6.45) is 6.21. The van der Waals surface area contributed by atoms with Crippen LogP contribution in [0.1, 0.15) is 58.8 Å². The molecule has 1 N–H and O–H groups in total. The maximum Gasteiger partial charge on any atom is 0.227 e. The number of hydrogen-bond donors (Lipinski definition) is 1. The molecule has 5 heteroatoms. The molecule has 0 spiro atoms. The van der Waals surface area contributed by atoms with Crippen LogP contribution in [-0.2, 0) is 10.0 Å². The quantitative estimate of drug-likeness (QED) is 0.614. The van der Waals surface area contributed by atoms with E-state index in [2.05, 4.69) is 11.6 Å². The third kappa shape index (κ3) is 7.35. The molecule has 0 saturated carbocycles. The predicted molar refractivity (Wildman–Crippen MR) is 70.0 cm³/mol. The van der Waals surface area contributed by atoms with Crippen LogP contribution in [0.15, 0.2) is 0 Å². The van der Waals surface area contributed by atoms with Crippen molar-refractivity contribution in [2.45, 2.75) is 64.0 Å². The Labute approximate surface area is 105 Å². The van der Waals surface area contributed by atoms with E-state index in [9.17, 15) is 8.42 Å². The number of nitriles is 1. The van der Waals surface area contributed by atoms with Crippen LogP contribution in [0, 0.1) is 11.3 Å². The van der Waals surface area contributed by atoms with Crippen molar-refractivity contribution >= 4 is 10.0 Å². The zero-order valence-electron chi connectivity index (χ0n) is 10.9. The molecule has 1 unspecified atom stereocenters. The first kappa shape index (κ1) is 16.4. The van der Waals surface area contributed by atoms with E-state index in [1.54, 1.807) is 0 Å². The number of nitrogens with one attached hydrogen (secondary N) is 1. The Morgan fingerprint density at radius 1 is 1.12 bits per heavy atom. The second kappa shape index (κ2) is 9.43. The van der Waals surface area contributed by atoms with E-state index >= 15 is 0 Å². The summed E-state index contributed by atoms with van der Waals surface area (Å²) < 4.78 is 26.0. The van der Waals surface area contributed by atoms with Crippen LogP contribution in [-0.4, -0.2) is 20.2 Å². The molecule has 0 aromatic carbocycles. The number of rotatable bonds is 10. The summed E-state index contributed by atoms with van der Waals surface area (Å²) in [6, 6.07) is 1.90. The molecule has 0 aliphatic heterocycles. The van der Waals surface area contributed by atoms with E-state index in [-0.39, 0.29) is 0 Å². The molecule has 1 atom stereocenters. The molecule has 17 heavy (non-hydrogen) atoms. The smallest absolute Gasteiger partial charge is 0.214 e. The maximum absolute atomic E-state index is 11.8. The molecule has 100 valence electrons. The van der Waals surface area contributed by atoms with Gasteiger partial charge in [0, 0.05) is 6.54 Å². The number of unbranched alkanes of at least 4 members (excludes halogenated alkanes) is 4. The molecule has 0 bridgehead atoms. The minimum atomic E-state index is -3.44. The van der Waals surface area contributed by atoms with Crippen LogP contribution in [0.2, 0.25) is 0 Å². The van der Waals surface area contributed by atoms with Crippen molar-refractivity contribution in [3.63, 3.8) is 0 Å². The van der Waals surface area contributed by atoms with Gasteiger partial charge in [0.2, 0.25) is 10.0 Å². The van der Waals surface area contributed by atoms with Crippen LogP contribution < -0.4 is 4.72 Å². The molecule has 4 nitrogen and oxygen atoms in total. The SMILES string of the molecule is CCCCCCC(C#N)S(=O)(=O)NCCCC. The number of sulfonamides is 1. The fraction of sp³-hybridized carbons (Fsp3) is 0.917. The molecule has 0 amide bonds. The van der Waals surface area contributed by atoms with E-state index in [0.29, 0.717) is 13.0 Å². The van der Waals surface area contributed by atoms with Crippen LogP contribution >= 0.6 is 0 Å². The van der Waals surface area contributed by atoms with Gasteiger partial charge < -0.3 is 0 Å². The number of hydrogen-bond acceptors (Lipinski definition) is 3. The van der Waals surface area contributed by atoms with Gasteiger partial charge in [-0.1, -0.05) is 46.0 Å². The Morgan fingerprint density at radius 3 is 2.29 bits per heavy atom. The fourth-order valence-electron chi connectivity index (χ4n) is 1.54. The predicted octanol–water partition coefficient (Wildman–Crippen LogP) is 2.57. The van der Waals surface area contributed by atoms with Crippen LogP contribution in [0.3, 0.4) is 0 Å². The van der Waals surface area contributed by atoms with Gasteiger partial charge in [-0.2, -0.15) is 5.26 Å². The van der Waals surface area contributed by atoms with Crippen molar-refractivity contribution in [3.05, 3.63) is 0 Å². The summed E-state index contributed by atoms with van der Waals surface area (Å²) in [7, 11) is -3.44. The van der Waals surface area contributed by atoms with Crippen molar-refractivity contribution in [3.8, 4) is 6.07 Å². The van der Waals surface area contributed by atoms with Gasteiger partial charge in [0.15, 0.2) is 5.25 Å². The van der Waals surface area contributed by atoms with Gasteiger partial charge in [-0.15, -0.1) is 0 Å². The van der Waals surface area contributed by atoms with Gasteiger partial charge in [0.25, 0.3) is 0 Å². The summed E-state index contributed by atoms with van der Waals surface area (Å²) in [5.74, 6) is 0. The zero-order chi connectivity index (χ0) is 13.1. The third-order valence-electron chi connectivity index (χ3n) is 2.67. The van der Waals surface area contributed by atoms with Gasteiger partial charge >= 0.3 is 0 Å². The molecular formula is C12H24N2O2S. The average molecular weight is 260 g/mol. The normalized spacial score (nSPS) is 13.2. The average Bonchev–Trinajstić information content (AvgIpc) is 2.29. The first-order chi connectivity index (χ1) is 8.08. The Hall–Kier alpha value is -0.600. The largest absolute Gasteiger partial charge is 0.227 e. The highest BCUT2D eigenvalue weighted by molar-refractivity contribution is 7.90. The van der Waals surface area contributed by atoms with E-state index in [1.807, 2.05) is 13.0 Å². The molecule has 0 aliphatic carbocycles. The zero-order valence-corrected chi connectivity index (χ0v) is 11.7. The topological polar surface area (TPSA) is 70.0 Å². The van der Waals surface area contributed by atoms with Gasteiger partial charge in [0.1, 0.15) is 0 Å².